The number of benzene rings is 2. The molecule has 0 aromatic heterocycles. The zero-order valence-corrected chi connectivity index (χ0v) is 17.6. The average molecular weight is 385 g/mol. The monoisotopic (exact) mass is 384 g/mol. The molecule has 27 heavy (non-hydrogen) atoms. The molecule has 144 valence electrons. The number of hydrogen-bond donors (Lipinski definition) is 1. The van der Waals surface area contributed by atoms with Crippen molar-refractivity contribution >= 4 is 29.3 Å². The van der Waals surface area contributed by atoms with Crippen LogP contribution in [0.25, 0.3) is 0 Å². The number of aryl methyl sites for hydroxylation is 4. The lowest BCUT2D eigenvalue weighted by atomic mass is 10.1. The first kappa shape index (κ1) is 21.0. The quantitative estimate of drug-likeness (QED) is 0.776. The minimum atomic E-state index is -0.176. The lowest BCUT2D eigenvalue weighted by Crippen LogP contribution is -2.36. The number of likely N-dealkylation sites (N-methyl/N-ethyl adjacent to an activating group) is 1. The summed E-state index contributed by atoms with van der Waals surface area (Å²) in [5, 5.41) is 2.94. The summed E-state index contributed by atoms with van der Waals surface area (Å²) >= 11 is 1.56. The van der Waals surface area contributed by atoms with Gasteiger partial charge in [-0.15, -0.1) is 11.8 Å². The fourth-order valence-electron chi connectivity index (χ4n) is 2.91. The van der Waals surface area contributed by atoms with Crippen molar-refractivity contribution in [3.63, 3.8) is 0 Å². The third-order valence-electron chi connectivity index (χ3n) is 4.36. The molecule has 1 N–H and O–H groups in total. The van der Waals surface area contributed by atoms with Gasteiger partial charge in [-0.3, -0.25) is 9.59 Å². The maximum Gasteiger partial charge on any atom is 0.243 e. The molecule has 0 aliphatic heterocycles. The molecule has 2 amide bonds. The van der Waals surface area contributed by atoms with Crippen molar-refractivity contribution in [2.75, 3.05) is 24.7 Å². The second-order valence-corrected chi connectivity index (χ2v) is 8.04. The fraction of sp³-hybridized carbons (Fsp3) is 0.364. The van der Waals surface area contributed by atoms with Crippen LogP contribution in [0.2, 0.25) is 0 Å². The zero-order chi connectivity index (χ0) is 20.0. The second kappa shape index (κ2) is 9.60. The molecule has 4 nitrogen and oxygen atoms in total. The highest BCUT2D eigenvalue weighted by Crippen LogP contribution is 2.21. The minimum Gasteiger partial charge on any atom is -0.336 e. The number of hydrogen-bond acceptors (Lipinski definition) is 3. The molecule has 2 rings (SSSR count). The Morgan fingerprint density at radius 3 is 2.15 bits per heavy atom. The predicted molar refractivity (Wildman–Crippen MR) is 114 cm³/mol. The van der Waals surface area contributed by atoms with Crippen molar-refractivity contribution < 1.29 is 9.59 Å². The third-order valence-corrected chi connectivity index (χ3v) is 5.35. The Balaban J connectivity index is 1.81. The first-order chi connectivity index (χ1) is 12.8. The van der Waals surface area contributed by atoms with Crippen LogP contribution in [0.15, 0.2) is 36.4 Å². The van der Waals surface area contributed by atoms with Gasteiger partial charge in [0.15, 0.2) is 0 Å². The molecular formula is C22H28N2O2S. The molecule has 0 spiro atoms. The van der Waals surface area contributed by atoms with Crippen molar-refractivity contribution in [2.45, 2.75) is 33.4 Å². The van der Waals surface area contributed by atoms with Crippen LogP contribution in [0, 0.1) is 27.7 Å². The Morgan fingerprint density at radius 1 is 0.963 bits per heavy atom. The Morgan fingerprint density at radius 2 is 1.56 bits per heavy atom. The number of rotatable bonds is 7. The highest BCUT2D eigenvalue weighted by atomic mass is 32.2. The Kier molecular flexibility index (Phi) is 7.48. The van der Waals surface area contributed by atoms with Gasteiger partial charge in [-0.1, -0.05) is 47.5 Å². The standard InChI is InChI=1S/C22H28N2O2S/c1-15-6-8-19(9-7-15)13-27-14-21(26)24(5)12-20(25)23-22-17(3)10-16(2)11-18(22)4/h6-11H,12-14H2,1-5H3,(H,23,25). The summed E-state index contributed by atoms with van der Waals surface area (Å²) in [6.45, 7) is 8.10. The van der Waals surface area contributed by atoms with E-state index < -0.39 is 0 Å². The number of carbonyl (C=O) groups is 2. The van der Waals surface area contributed by atoms with Gasteiger partial charge in [0, 0.05) is 18.5 Å². The largest absolute Gasteiger partial charge is 0.336 e. The summed E-state index contributed by atoms with van der Waals surface area (Å²) in [4.78, 5) is 26.1. The predicted octanol–water partition coefficient (Wildman–Crippen LogP) is 4.25. The van der Waals surface area contributed by atoms with E-state index in [2.05, 4.69) is 36.5 Å². The number of carbonyl (C=O) groups excluding carboxylic acids is 2. The fourth-order valence-corrected chi connectivity index (χ4v) is 3.84. The molecular weight excluding hydrogens is 356 g/mol. The zero-order valence-electron chi connectivity index (χ0n) is 16.8. The molecule has 0 fully saturated rings. The van der Waals surface area contributed by atoms with Gasteiger partial charge in [0.2, 0.25) is 11.8 Å². The van der Waals surface area contributed by atoms with Crippen LogP contribution in [0.3, 0.4) is 0 Å². The average Bonchev–Trinajstić information content (AvgIpc) is 2.59. The topological polar surface area (TPSA) is 49.4 Å². The van der Waals surface area contributed by atoms with E-state index in [4.69, 9.17) is 0 Å². The lowest BCUT2D eigenvalue weighted by molar-refractivity contribution is -0.131. The first-order valence-corrected chi connectivity index (χ1v) is 10.2. The van der Waals surface area contributed by atoms with E-state index in [0.717, 1.165) is 22.6 Å². The maximum atomic E-state index is 12.3. The molecule has 0 saturated carbocycles. The summed E-state index contributed by atoms with van der Waals surface area (Å²) in [6.07, 6.45) is 0. The molecule has 0 unspecified atom stereocenters. The molecule has 2 aromatic rings. The van der Waals surface area contributed by atoms with Crippen molar-refractivity contribution in [1.29, 1.82) is 0 Å². The van der Waals surface area contributed by atoms with Gasteiger partial charge < -0.3 is 10.2 Å². The Bertz CT molecular complexity index is 793. The maximum absolute atomic E-state index is 12.3. The highest BCUT2D eigenvalue weighted by molar-refractivity contribution is 7.99. The van der Waals surface area contributed by atoms with Gasteiger partial charge >= 0.3 is 0 Å². The van der Waals surface area contributed by atoms with Crippen LogP contribution >= 0.6 is 11.8 Å². The van der Waals surface area contributed by atoms with E-state index in [1.165, 1.54) is 21.6 Å². The van der Waals surface area contributed by atoms with Gasteiger partial charge in [0.05, 0.1) is 12.3 Å². The van der Waals surface area contributed by atoms with Gasteiger partial charge in [-0.05, 0) is 44.4 Å². The molecule has 0 radical (unpaired) electrons. The first-order valence-electron chi connectivity index (χ1n) is 9.01. The van der Waals surface area contributed by atoms with Crippen LogP contribution in [-0.2, 0) is 15.3 Å². The van der Waals surface area contributed by atoms with Crippen LogP contribution in [0.4, 0.5) is 5.69 Å². The molecule has 5 heteroatoms. The lowest BCUT2D eigenvalue weighted by Gasteiger charge is -2.18. The summed E-state index contributed by atoms with van der Waals surface area (Å²) < 4.78 is 0. The third kappa shape index (κ3) is 6.43. The van der Waals surface area contributed by atoms with Crippen molar-refractivity contribution in [1.82, 2.24) is 4.90 Å². The van der Waals surface area contributed by atoms with E-state index in [9.17, 15) is 9.59 Å². The molecule has 0 bridgehead atoms. The van der Waals surface area contributed by atoms with E-state index in [1.54, 1.807) is 18.8 Å². The van der Waals surface area contributed by atoms with Crippen molar-refractivity contribution in [3.8, 4) is 0 Å². The molecule has 0 heterocycles. The van der Waals surface area contributed by atoms with Crippen molar-refractivity contribution in [2.24, 2.45) is 0 Å². The molecule has 0 saturated heterocycles. The van der Waals surface area contributed by atoms with Crippen LogP contribution in [0.1, 0.15) is 27.8 Å². The van der Waals surface area contributed by atoms with Crippen molar-refractivity contribution in [3.05, 3.63) is 64.2 Å². The van der Waals surface area contributed by atoms with Gasteiger partial charge in [0.1, 0.15) is 0 Å². The minimum absolute atomic E-state index is 0.0420. The summed E-state index contributed by atoms with van der Waals surface area (Å²) in [7, 11) is 1.67. The van der Waals surface area contributed by atoms with E-state index in [-0.39, 0.29) is 18.4 Å². The van der Waals surface area contributed by atoms with Crippen LogP contribution < -0.4 is 5.32 Å². The smallest absolute Gasteiger partial charge is 0.243 e. The van der Waals surface area contributed by atoms with Crippen LogP contribution in [0.5, 0.6) is 0 Å². The summed E-state index contributed by atoms with van der Waals surface area (Å²) in [5.41, 5.74) is 6.49. The van der Waals surface area contributed by atoms with Crippen LogP contribution in [-0.4, -0.2) is 36.1 Å². The number of thioether (sulfide) groups is 1. The molecule has 0 atom stereocenters. The number of amides is 2. The van der Waals surface area contributed by atoms with Gasteiger partial charge in [-0.25, -0.2) is 0 Å². The number of nitrogens with one attached hydrogen (secondary N) is 1. The number of nitrogens with zero attached hydrogens (tertiary/aromatic N) is 1. The normalized spacial score (nSPS) is 10.6. The molecule has 2 aromatic carbocycles. The SMILES string of the molecule is Cc1ccc(CSCC(=O)N(C)CC(=O)Nc2c(C)cc(C)cc2C)cc1. The molecule has 0 aliphatic carbocycles. The Labute approximate surface area is 166 Å². The highest BCUT2D eigenvalue weighted by Gasteiger charge is 2.14. The number of anilines is 1. The molecule has 0 aliphatic rings. The van der Waals surface area contributed by atoms with Gasteiger partial charge in [0.25, 0.3) is 0 Å². The summed E-state index contributed by atoms with van der Waals surface area (Å²) in [6, 6.07) is 12.4. The van der Waals surface area contributed by atoms with E-state index in [1.807, 2.05) is 32.9 Å². The summed E-state index contributed by atoms with van der Waals surface area (Å²) in [5.74, 6) is 0.928. The van der Waals surface area contributed by atoms with E-state index >= 15 is 0 Å². The Hall–Kier alpha value is -2.27. The van der Waals surface area contributed by atoms with Gasteiger partial charge in [-0.2, -0.15) is 0 Å². The van der Waals surface area contributed by atoms with E-state index in [0.29, 0.717) is 5.75 Å². The second-order valence-electron chi connectivity index (χ2n) is 7.05.